The molecule has 3 rings (SSSR count). The molecule has 0 radical (unpaired) electrons. The van der Waals surface area contributed by atoms with E-state index in [4.69, 9.17) is 0 Å². The first-order valence-corrected chi connectivity index (χ1v) is 6.74. The third-order valence-electron chi connectivity index (χ3n) is 4.31. The van der Waals surface area contributed by atoms with Gasteiger partial charge in [-0.3, -0.25) is 4.90 Å². The van der Waals surface area contributed by atoms with Gasteiger partial charge in [0, 0.05) is 19.6 Å². The van der Waals surface area contributed by atoms with Crippen LogP contribution in [0.2, 0.25) is 0 Å². The maximum absolute atomic E-state index is 3.46. The number of benzene rings is 1. The summed E-state index contributed by atoms with van der Waals surface area (Å²) in [6.45, 7) is 8.34. The Bertz CT molecular complexity index is 368. The number of piperidine rings is 1. The minimum Gasteiger partial charge on any atom is -0.317 e. The molecule has 0 aromatic heterocycles. The highest BCUT2D eigenvalue weighted by Crippen LogP contribution is 2.39. The van der Waals surface area contributed by atoms with Crippen molar-refractivity contribution in [3.8, 4) is 0 Å². The molecule has 0 amide bonds. The van der Waals surface area contributed by atoms with Crippen LogP contribution in [0.5, 0.6) is 0 Å². The van der Waals surface area contributed by atoms with Crippen molar-refractivity contribution in [2.45, 2.75) is 26.3 Å². The third kappa shape index (κ3) is 2.38. The molecule has 1 aromatic rings. The van der Waals surface area contributed by atoms with Crippen LogP contribution in [0.15, 0.2) is 24.3 Å². The van der Waals surface area contributed by atoms with Crippen LogP contribution in [0.1, 0.15) is 24.0 Å². The summed E-state index contributed by atoms with van der Waals surface area (Å²) in [5, 5.41) is 3.46. The Labute approximate surface area is 104 Å². The fourth-order valence-corrected chi connectivity index (χ4v) is 3.24. The number of hydrogen-bond acceptors (Lipinski definition) is 2. The summed E-state index contributed by atoms with van der Waals surface area (Å²) in [7, 11) is 0. The van der Waals surface area contributed by atoms with Gasteiger partial charge in [0.2, 0.25) is 0 Å². The minimum atomic E-state index is 0.663. The van der Waals surface area contributed by atoms with Gasteiger partial charge in [-0.15, -0.1) is 0 Å². The second-order valence-electron chi connectivity index (χ2n) is 5.88. The summed E-state index contributed by atoms with van der Waals surface area (Å²) in [6, 6.07) is 8.97. The lowest BCUT2D eigenvalue weighted by Crippen LogP contribution is -2.59. The van der Waals surface area contributed by atoms with Gasteiger partial charge in [-0.2, -0.15) is 0 Å². The first-order valence-electron chi connectivity index (χ1n) is 6.74. The molecule has 92 valence electrons. The number of likely N-dealkylation sites (tertiary alicyclic amines) is 1. The molecule has 2 nitrogen and oxygen atoms in total. The molecule has 17 heavy (non-hydrogen) atoms. The predicted octanol–water partition coefficient (Wildman–Crippen LogP) is 2.18. The van der Waals surface area contributed by atoms with Crippen LogP contribution in [0.25, 0.3) is 0 Å². The van der Waals surface area contributed by atoms with E-state index in [0.717, 1.165) is 6.54 Å². The van der Waals surface area contributed by atoms with Gasteiger partial charge in [0.25, 0.3) is 0 Å². The van der Waals surface area contributed by atoms with Gasteiger partial charge in [0.15, 0.2) is 0 Å². The molecule has 1 N–H and O–H groups in total. The molecule has 2 aliphatic rings. The zero-order valence-corrected chi connectivity index (χ0v) is 10.7. The molecule has 0 bridgehead atoms. The molecule has 2 aliphatic heterocycles. The van der Waals surface area contributed by atoms with Gasteiger partial charge in [-0.05, 0) is 43.8 Å². The van der Waals surface area contributed by atoms with E-state index in [1.807, 2.05) is 0 Å². The van der Waals surface area contributed by atoms with Crippen molar-refractivity contribution in [2.75, 3.05) is 26.2 Å². The average molecular weight is 230 g/mol. The van der Waals surface area contributed by atoms with Gasteiger partial charge < -0.3 is 5.32 Å². The van der Waals surface area contributed by atoms with Gasteiger partial charge in [-0.25, -0.2) is 0 Å². The van der Waals surface area contributed by atoms with Crippen LogP contribution in [0, 0.1) is 12.3 Å². The van der Waals surface area contributed by atoms with Crippen LogP contribution >= 0.6 is 0 Å². The maximum atomic E-state index is 3.46. The van der Waals surface area contributed by atoms with E-state index in [-0.39, 0.29) is 0 Å². The average Bonchev–Trinajstić information content (AvgIpc) is 2.31. The van der Waals surface area contributed by atoms with Crippen molar-refractivity contribution in [1.82, 2.24) is 10.2 Å². The zero-order valence-electron chi connectivity index (χ0n) is 10.7. The Hall–Kier alpha value is -0.860. The summed E-state index contributed by atoms with van der Waals surface area (Å²) >= 11 is 0. The molecule has 2 heterocycles. The quantitative estimate of drug-likeness (QED) is 0.838. The van der Waals surface area contributed by atoms with E-state index in [9.17, 15) is 0 Å². The normalized spacial score (nSPS) is 23.6. The lowest BCUT2D eigenvalue weighted by atomic mass is 9.72. The van der Waals surface area contributed by atoms with Crippen molar-refractivity contribution < 1.29 is 0 Å². The summed E-state index contributed by atoms with van der Waals surface area (Å²) in [5.41, 5.74) is 3.47. The number of hydrogen-bond donors (Lipinski definition) is 1. The SMILES string of the molecule is Cc1ccc(CN2CC3(CCNCC3)C2)cc1. The Morgan fingerprint density at radius 3 is 2.41 bits per heavy atom. The molecule has 1 spiro atoms. The number of rotatable bonds is 2. The molecule has 0 aliphatic carbocycles. The Morgan fingerprint density at radius 1 is 1.12 bits per heavy atom. The van der Waals surface area contributed by atoms with Crippen molar-refractivity contribution in [3.05, 3.63) is 35.4 Å². The smallest absolute Gasteiger partial charge is 0.0234 e. The summed E-state index contributed by atoms with van der Waals surface area (Å²) in [6.07, 6.45) is 2.74. The molecule has 2 heteroatoms. The second-order valence-corrected chi connectivity index (χ2v) is 5.88. The third-order valence-corrected chi connectivity index (χ3v) is 4.31. The van der Waals surface area contributed by atoms with Crippen LogP contribution in [0.4, 0.5) is 0 Å². The highest BCUT2D eigenvalue weighted by atomic mass is 15.2. The minimum absolute atomic E-state index is 0.663. The summed E-state index contributed by atoms with van der Waals surface area (Å²) in [5.74, 6) is 0. The Kier molecular flexibility index (Phi) is 2.93. The second kappa shape index (κ2) is 4.43. The summed E-state index contributed by atoms with van der Waals surface area (Å²) in [4.78, 5) is 2.59. The lowest BCUT2D eigenvalue weighted by Gasteiger charge is -2.52. The molecule has 2 fully saturated rings. The molecular weight excluding hydrogens is 208 g/mol. The van der Waals surface area contributed by atoms with E-state index in [1.54, 1.807) is 0 Å². The molecule has 0 atom stereocenters. The van der Waals surface area contributed by atoms with Crippen LogP contribution < -0.4 is 5.32 Å². The number of aryl methyl sites for hydroxylation is 1. The highest BCUT2D eigenvalue weighted by molar-refractivity contribution is 5.21. The highest BCUT2D eigenvalue weighted by Gasteiger charge is 2.42. The van der Waals surface area contributed by atoms with Crippen LogP contribution in [0.3, 0.4) is 0 Å². The van der Waals surface area contributed by atoms with Gasteiger partial charge in [0.1, 0.15) is 0 Å². The molecule has 1 aromatic carbocycles. The van der Waals surface area contributed by atoms with Gasteiger partial charge in [0.05, 0.1) is 0 Å². The van der Waals surface area contributed by atoms with Crippen molar-refractivity contribution in [3.63, 3.8) is 0 Å². The van der Waals surface area contributed by atoms with E-state index < -0.39 is 0 Å². The largest absolute Gasteiger partial charge is 0.317 e. The summed E-state index contributed by atoms with van der Waals surface area (Å²) < 4.78 is 0. The lowest BCUT2D eigenvalue weighted by molar-refractivity contribution is -0.0282. The maximum Gasteiger partial charge on any atom is 0.0234 e. The predicted molar refractivity (Wildman–Crippen MR) is 71.0 cm³/mol. The topological polar surface area (TPSA) is 15.3 Å². The van der Waals surface area contributed by atoms with E-state index >= 15 is 0 Å². The molecule has 0 saturated carbocycles. The van der Waals surface area contributed by atoms with E-state index in [0.29, 0.717) is 5.41 Å². The number of nitrogens with one attached hydrogen (secondary N) is 1. The van der Waals surface area contributed by atoms with Crippen LogP contribution in [-0.2, 0) is 6.54 Å². The van der Waals surface area contributed by atoms with E-state index in [1.165, 1.54) is 50.1 Å². The Balaban J connectivity index is 1.54. The zero-order chi connectivity index (χ0) is 11.7. The fourth-order valence-electron chi connectivity index (χ4n) is 3.24. The van der Waals surface area contributed by atoms with Gasteiger partial charge in [-0.1, -0.05) is 29.8 Å². The fraction of sp³-hybridized carbons (Fsp3) is 0.600. The molecule has 2 saturated heterocycles. The van der Waals surface area contributed by atoms with Crippen molar-refractivity contribution in [2.24, 2.45) is 5.41 Å². The first kappa shape index (κ1) is 11.2. The van der Waals surface area contributed by atoms with Crippen LogP contribution in [-0.4, -0.2) is 31.1 Å². The number of nitrogens with zero attached hydrogens (tertiary/aromatic N) is 1. The first-order chi connectivity index (χ1) is 8.26. The van der Waals surface area contributed by atoms with E-state index in [2.05, 4.69) is 41.4 Å². The monoisotopic (exact) mass is 230 g/mol. The Morgan fingerprint density at radius 2 is 1.76 bits per heavy atom. The van der Waals surface area contributed by atoms with Crippen molar-refractivity contribution >= 4 is 0 Å². The van der Waals surface area contributed by atoms with Gasteiger partial charge >= 0.3 is 0 Å². The molecule has 0 unspecified atom stereocenters. The van der Waals surface area contributed by atoms with Crippen molar-refractivity contribution in [1.29, 1.82) is 0 Å². The molecular formula is C15H22N2. The standard InChI is InChI=1S/C15H22N2/c1-13-2-4-14(5-3-13)10-17-11-15(12-17)6-8-16-9-7-15/h2-5,16H,6-12H2,1H3.